The molecule has 1 saturated heterocycles. The van der Waals surface area contributed by atoms with Crippen LogP contribution < -0.4 is 14.8 Å². The molecular weight excluding hydrogens is 476 g/mol. The van der Waals surface area contributed by atoms with E-state index >= 15 is 0 Å². The Bertz CT molecular complexity index is 1150. The highest BCUT2D eigenvalue weighted by Crippen LogP contribution is 2.31. The first-order valence-corrected chi connectivity index (χ1v) is 11.9. The van der Waals surface area contributed by atoms with Gasteiger partial charge in [0.05, 0.1) is 18.2 Å². The van der Waals surface area contributed by atoms with Crippen LogP contribution in [0.3, 0.4) is 0 Å². The summed E-state index contributed by atoms with van der Waals surface area (Å²) in [5.74, 6) is -0.487. The number of para-hydroxylation sites is 2. The van der Waals surface area contributed by atoms with Gasteiger partial charge in [0.15, 0.2) is 18.1 Å². The van der Waals surface area contributed by atoms with Crippen molar-refractivity contribution in [1.82, 2.24) is 4.31 Å². The van der Waals surface area contributed by atoms with Crippen molar-refractivity contribution < 1.29 is 37.0 Å². The zero-order valence-corrected chi connectivity index (χ0v) is 18.9. The molecule has 1 atom stereocenters. The van der Waals surface area contributed by atoms with E-state index < -0.39 is 34.6 Å². The number of nitrogens with one attached hydrogen (secondary N) is 1. The number of ether oxygens (including phenoxy) is 4. The van der Waals surface area contributed by atoms with E-state index in [4.69, 9.17) is 30.5 Å². The first kappa shape index (κ1) is 23.3. The molecule has 33 heavy (non-hydrogen) atoms. The molecule has 1 fully saturated rings. The van der Waals surface area contributed by atoms with Crippen LogP contribution >= 0.6 is 11.6 Å². The van der Waals surface area contributed by atoms with Crippen molar-refractivity contribution in [3.8, 4) is 11.5 Å². The second-order valence-corrected chi connectivity index (χ2v) is 9.50. The SMILES string of the molecule is O=C(COC(=O)C1COc2ccccc2O1)Nc1ccc(Cl)c(S(=O)(=O)N2CCOCC2)c1. The van der Waals surface area contributed by atoms with Gasteiger partial charge in [-0.15, -0.1) is 0 Å². The molecule has 2 aromatic rings. The molecule has 2 aromatic carbocycles. The first-order chi connectivity index (χ1) is 15.8. The second-order valence-electron chi connectivity index (χ2n) is 7.18. The van der Waals surface area contributed by atoms with E-state index in [1.54, 1.807) is 24.3 Å². The standard InChI is InChI=1S/C21H21ClN2O8S/c22-15-6-5-14(11-19(15)33(27,28)24-7-9-29-10-8-24)23-20(25)13-31-21(26)18-12-30-16-3-1-2-4-17(16)32-18/h1-6,11,18H,7-10,12-13H2,(H,23,25). The Kier molecular flexibility index (Phi) is 7.03. The van der Waals surface area contributed by atoms with Crippen molar-refractivity contribution in [2.75, 3.05) is 44.8 Å². The number of sulfonamides is 1. The van der Waals surface area contributed by atoms with Crippen molar-refractivity contribution in [2.24, 2.45) is 0 Å². The lowest BCUT2D eigenvalue weighted by molar-refractivity contribution is -0.156. The van der Waals surface area contributed by atoms with Gasteiger partial charge in [0.2, 0.25) is 16.1 Å². The van der Waals surface area contributed by atoms with E-state index in [0.717, 1.165) is 0 Å². The summed E-state index contributed by atoms with van der Waals surface area (Å²) in [4.78, 5) is 24.4. The van der Waals surface area contributed by atoms with Crippen LogP contribution in [0.2, 0.25) is 5.02 Å². The van der Waals surface area contributed by atoms with Gasteiger partial charge in [0, 0.05) is 18.8 Å². The van der Waals surface area contributed by atoms with E-state index in [1.165, 1.54) is 22.5 Å². The summed E-state index contributed by atoms with van der Waals surface area (Å²) < 4.78 is 48.3. The summed E-state index contributed by atoms with van der Waals surface area (Å²) in [5.41, 5.74) is 0.193. The molecule has 2 aliphatic rings. The van der Waals surface area contributed by atoms with Gasteiger partial charge in [-0.3, -0.25) is 4.79 Å². The fourth-order valence-electron chi connectivity index (χ4n) is 3.27. The Morgan fingerprint density at radius 1 is 1.12 bits per heavy atom. The molecule has 1 N–H and O–H groups in total. The minimum Gasteiger partial charge on any atom is -0.485 e. The van der Waals surface area contributed by atoms with Crippen LogP contribution in [0.25, 0.3) is 0 Å². The monoisotopic (exact) mass is 496 g/mol. The molecule has 1 unspecified atom stereocenters. The largest absolute Gasteiger partial charge is 0.485 e. The van der Waals surface area contributed by atoms with Gasteiger partial charge in [-0.1, -0.05) is 23.7 Å². The molecule has 2 aliphatic heterocycles. The molecule has 176 valence electrons. The Hall–Kier alpha value is -2.86. The normalized spacial score (nSPS) is 18.4. The molecule has 12 heteroatoms. The van der Waals surface area contributed by atoms with Crippen molar-refractivity contribution >= 4 is 39.2 Å². The van der Waals surface area contributed by atoms with Crippen molar-refractivity contribution in [1.29, 1.82) is 0 Å². The number of esters is 1. The number of carbonyl (C=O) groups excluding carboxylic acids is 2. The van der Waals surface area contributed by atoms with E-state index in [-0.39, 0.29) is 35.3 Å². The summed E-state index contributed by atoms with van der Waals surface area (Å²) in [7, 11) is -3.86. The van der Waals surface area contributed by atoms with Crippen molar-refractivity contribution in [3.05, 3.63) is 47.5 Å². The zero-order chi connectivity index (χ0) is 23.4. The maximum Gasteiger partial charge on any atom is 0.351 e. The fraction of sp³-hybridized carbons (Fsp3) is 0.333. The Morgan fingerprint density at radius 3 is 2.61 bits per heavy atom. The molecule has 0 spiro atoms. The highest BCUT2D eigenvalue weighted by Gasteiger charge is 2.30. The van der Waals surface area contributed by atoms with Gasteiger partial charge in [0.1, 0.15) is 11.5 Å². The van der Waals surface area contributed by atoms with E-state index in [2.05, 4.69) is 5.32 Å². The van der Waals surface area contributed by atoms with Crippen LogP contribution in [0, 0.1) is 0 Å². The van der Waals surface area contributed by atoms with E-state index in [9.17, 15) is 18.0 Å². The molecule has 2 heterocycles. The fourth-order valence-corrected chi connectivity index (χ4v) is 5.18. The number of benzene rings is 2. The molecule has 4 rings (SSSR count). The van der Waals surface area contributed by atoms with Crippen molar-refractivity contribution in [3.63, 3.8) is 0 Å². The zero-order valence-electron chi connectivity index (χ0n) is 17.4. The van der Waals surface area contributed by atoms with E-state index in [1.807, 2.05) is 0 Å². The smallest absolute Gasteiger partial charge is 0.351 e. The molecule has 10 nitrogen and oxygen atoms in total. The predicted molar refractivity (Wildman–Crippen MR) is 117 cm³/mol. The summed E-state index contributed by atoms with van der Waals surface area (Å²) in [5, 5.41) is 2.53. The number of carbonyl (C=O) groups is 2. The number of amides is 1. The molecule has 0 bridgehead atoms. The van der Waals surface area contributed by atoms with Gasteiger partial charge in [0.25, 0.3) is 5.91 Å². The molecule has 0 radical (unpaired) electrons. The number of anilines is 1. The molecule has 1 amide bonds. The number of fused-ring (bicyclic) bond motifs is 1. The van der Waals surface area contributed by atoms with Crippen LogP contribution in [0.4, 0.5) is 5.69 Å². The van der Waals surface area contributed by atoms with Gasteiger partial charge < -0.3 is 24.3 Å². The lowest BCUT2D eigenvalue weighted by Gasteiger charge is -2.26. The van der Waals surface area contributed by atoms with Gasteiger partial charge in [-0.2, -0.15) is 4.31 Å². The predicted octanol–water partition coefficient (Wildman–Crippen LogP) is 1.68. The maximum absolute atomic E-state index is 12.9. The molecule has 0 aliphatic carbocycles. The van der Waals surface area contributed by atoms with Crippen LogP contribution in [-0.4, -0.2) is 70.2 Å². The van der Waals surface area contributed by atoms with Gasteiger partial charge >= 0.3 is 5.97 Å². The summed E-state index contributed by atoms with van der Waals surface area (Å²) in [6, 6.07) is 11.0. The van der Waals surface area contributed by atoms with Crippen LogP contribution in [0.1, 0.15) is 0 Å². The molecular formula is C21H21ClN2O8S. The highest BCUT2D eigenvalue weighted by molar-refractivity contribution is 7.89. The number of hydrogen-bond donors (Lipinski definition) is 1. The van der Waals surface area contributed by atoms with Crippen LogP contribution in [0.15, 0.2) is 47.4 Å². The third kappa shape index (κ3) is 5.38. The lowest BCUT2D eigenvalue weighted by Crippen LogP contribution is -2.40. The maximum atomic E-state index is 12.9. The van der Waals surface area contributed by atoms with Gasteiger partial charge in [-0.05, 0) is 30.3 Å². The number of halogens is 1. The van der Waals surface area contributed by atoms with Gasteiger partial charge in [-0.25, -0.2) is 13.2 Å². The van der Waals surface area contributed by atoms with E-state index in [0.29, 0.717) is 24.7 Å². The number of rotatable bonds is 6. The summed E-state index contributed by atoms with van der Waals surface area (Å²) in [6.45, 7) is 0.372. The number of nitrogens with zero attached hydrogens (tertiary/aromatic N) is 1. The molecule has 0 aromatic heterocycles. The number of hydrogen-bond acceptors (Lipinski definition) is 8. The minimum atomic E-state index is -3.86. The summed E-state index contributed by atoms with van der Waals surface area (Å²) >= 11 is 6.12. The van der Waals surface area contributed by atoms with Crippen LogP contribution in [-0.2, 0) is 29.1 Å². The van der Waals surface area contributed by atoms with Crippen LogP contribution in [0.5, 0.6) is 11.5 Å². The second kappa shape index (κ2) is 9.96. The average Bonchev–Trinajstić information content (AvgIpc) is 2.84. The number of morpholine rings is 1. The summed E-state index contributed by atoms with van der Waals surface area (Å²) in [6.07, 6.45) is -1.01. The first-order valence-electron chi connectivity index (χ1n) is 10.1. The van der Waals surface area contributed by atoms with Crippen molar-refractivity contribution in [2.45, 2.75) is 11.0 Å². The lowest BCUT2D eigenvalue weighted by atomic mass is 10.2. The third-order valence-electron chi connectivity index (χ3n) is 4.92. The highest BCUT2D eigenvalue weighted by atomic mass is 35.5. The Balaban J connectivity index is 1.35. The topological polar surface area (TPSA) is 120 Å². The third-order valence-corrected chi connectivity index (χ3v) is 7.30. The Morgan fingerprint density at radius 2 is 1.85 bits per heavy atom. The average molecular weight is 497 g/mol. The Labute approximate surface area is 195 Å². The minimum absolute atomic E-state index is 0.0284. The molecule has 0 saturated carbocycles. The quantitative estimate of drug-likeness (QED) is 0.600.